The van der Waals surface area contributed by atoms with E-state index in [0.29, 0.717) is 18.4 Å². The lowest BCUT2D eigenvalue weighted by Gasteiger charge is -2.29. The number of hydrogen-bond donors (Lipinski definition) is 1. The molecular weight excluding hydrogens is 268 g/mol. The summed E-state index contributed by atoms with van der Waals surface area (Å²) in [7, 11) is 0. The monoisotopic (exact) mass is 292 g/mol. The van der Waals surface area contributed by atoms with Crippen molar-refractivity contribution in [2.45, 2.75) is 46.1 Å². The van der Waals surface area contributed by atoms with Crippen molar-refractivity contribution in [2.24, 2.45) is 0 Å². The topological polar surface area (TPSA) is 67.3 Å². The van der Waals surface area contributed by atoms with Crippen LogP contribution < -0.4 is 10.1 Å². The third kappa shape index (κ3) is 4.31. The molecule has 0 aromatic carbocycles. The average molecular weight is 292 g/mol. The van der Waals surface area contributed by atoms with Crippen molar-refractivity contribution in [1.82, 2.24) is 14.9 Å². The lowest BCUT2D eigenvalue weighted by molar-refractivity contribution is -0.132. The van der Waals surface area contributed by atoms with Gasteiger partial charge >= 0.3 is 0 Å². The van der Waals surface area contributed by atoms with Crippen LogP contribution in [0, 0.1) is 6.92 Å². The number of aryl methyl sites for hydroxylation is 1. The Bertz CT molecular complexity index is 487. The third-order valence-corrected chi connectivity index (χ3v) is 3.51. The molecule has 2 rings (SSSR count). The Morgan fingerprint density at radius 3 is 2.76 bits per heavy atom. The zero-order valence-electron chi connectivity index (χ0n) is 13.1. The Kier molecular flexibility index (Phi) is 5.36. The lowest BCUT2D eigenvalue weighted by Crippen LogP contribution is -2.44. The van der Waals surface area contributed by atoms with E-state index in [1.54, 1.807) is 6.07 Å². The summed E-state index contributed by atoms with van der Waals surface area (Å²) in [6, 6.07) is 1.45. The smallest absolute Gasteiger partial charge is 0.244 e. The van der Waals surface area contributed by atoms with E-state index < -0.39 is 0 Å². The van der Waals surface area contributed by atoms with Gasteiger partial charge in [0.25, 0.3) is 0 Å². The van der Waals surface area contributed by atoms with Gasteiger partial charge in [0.15, 0.2) is 0 Å². The predicted molar refractivity (Wildman–Crippen MR) is 81.5 cm³/mol. The molecule has 6 heteroatoms. The van der Waals surface area contributed by atoms with Crippen LogP contribution in [0.15, 0.2) is 6.07 Å². The first kappa shape index (κ1) is 15.5. The number of anilines is 1. The molecule has 2 heterocycles. The minimum Gasteiger partial charge on any atom is -0.478 e. The summed E-state index contributed by atoms with van der Waals surface area (Å²) in [4.78, 5) is 22.9. The highest BCUT2D eigenvalue weighted by Crippen LogP contribution is 2.14. The maximum absolute atomic E-state index is 12.4. The number of nitrogens with zero attached hydrogens (tertiary/aromatic N) is 3. The van der Waals surface area contributed by atoms with Gasteiger partial charge in [0, 0.05) is 24.8 Å². The average Bonchev–Trinajstić information content (AvgIpc) is 2.47. The fourth-order valence-corrected chi connectivity index (χ4v) is 2.47. The summed E-state index contributed by atoms with van der Waals surface area (Å²) >= 11 is 0. The first-order chi connectivity index (χ1) is 10.1. The van der Waals surface area contributed by atoms with E-state index in [1.807, 2.05) is 25.7 Å². The molecule has 0 bridgehead atoms. The molecule has 1 atom stereocenters. The van der Waals surface area contributed by atoms with Gasteiger partial charge in [-0.25, -0.2) is 4.98 Å². The zero-order chi connectivity index (χ0) is 15.2. The van der Waals surface area contributed by atoms with Crippen LogP contribution >= 0.6 is 0 Å². The molecule has 1 saturated heterocycles. The molecule has 116 valence electrons. The maximum Gasteiger partial charge on any atom is 0.244 e. The molecule has 1 aliphatic heterocycles. The summed E-state index contributed by atoms with van der Waals surface area (Å²) in [5, 5.41) is 3.09. The SMILES string of the molecule is CCOc1cc(C)nc(NC(C)C(=O)N2CCCCC2)n1. The molecule has 0 radical (unpaired) electrons. The second-order valence-corrected chi connectivity index (χ2v) is 5.36. The van der Waals surface area contributed by atoms with E-state index in [-0.39, 0.29) is 11.9 Å². The van der Waals surface area contributed by atoms with Crippen molar-refractivity contribution < 1.29 is 9.53 Å². The van der Waals surface area contributed by atoms with Gasteiger partial charge in [-0.2, -0.15) is 4.98 Å². The molecule has 0 aliphatic carbocycles. The Morgan fingerprint density at radius 1 is 1.38 bits per heavy atom. The molecule has 21 heavy (non-hydrogen) atoms. The van der Waals surface area contributed by atoms with E-state index in [4.69, 9.17) is 4.74 Å². The first-order valence-electron chi connectivity index (χ1n) is 7.64. The second-order valence-electron chi connectivity index (χ2n) is 5.36. The standard InChI is InChI=1S/C15H24N4O2/c1-4-21-13-10-11(2)16-15(18-13)17-12(3)14(20)19-8-6-5-7-9-19/h10,12H,4-9H2,1-3H3,(H,16,17,18). The van der Waals surface area contributed by atoms with Crippen LogP contribution in [0.3, 0.4) is 0 Å². The van der Waals surface area contributed by atoms with Gasteiger partial charge in [0.1, 0.15) is 6.04 Å². The van der Waals surface area contributed by atoms with Crippen LogP contribution in [-0.2, 0) is 4.79 Å². The van der Waals surface area contributed by atoms with E-state index in [9.17, 15) is 4.79 Å². The second kappa shape index (κ2) is 7.24. The van der Waals surface area contributed by atoms with Gasteiger partial charge in [0.05, 0.1) is 6.61 Å². The van der Waals surface area contributed by atoms with Gasteiger partial charge in [-0.3, -0.25) is 4.79 Å². The number of rotatable bonds is 5. The molecule has 1 aromatic heterocycles. The lowest BCUT2D eigenvalue weighted by atomic mass is 10.1. The van der Waals surface area contributed by atoms with Crippen molar-refractivity contribution in [3.63, 3.8) is 0 Å². The molecular formula is C15H24N4O2. The van der Waals surface area contributed by atoms with Gasteiger partial charge in [-0.05, 0) is 40.0 Å². The quantitative estimate of drug-likeness (QED) is 0.899. The fourth-order valence-electron chi connectivity index (χ4n) is 2.47. The summed E-state index contributed by atoms with van der Waals surface area (Å²) in [6.07, 6.45) is 3.39. The van der Waals surface area contributed by atoms with Crippen LogP contribution in [0.4, 0.5) is 5.95 Å². The van der Waals surface area contributed by atoms with Gasteiger partial charge in [-0.1, -0.05) is 0 Å². The minimum absolute atomic E-state index is 0.109. The molecule has 1 aliphatic rings. The highest BCUT2D eigenvalue weighted by Gasteiger charge is 2.22. The summed E-state index contributed by atoms with van der Waals surface area (Å²) in [6.45, 7) is 7.90. The summed E-state index contributed by atoms with van der Waals surface area (Å²) in [5.41, 5.74) is 0.813. The molecule has 1 unspecified atom stereocenters. The zero-order valence-corrected chi connectivity index (χ0v) is 13.1. The number of carbonyl (C=O) groups excluding carboxylic acids is 1. The predicted octanol–water partition coefficient (Wildman–Crippen LogP) is 2.00. The molecule has 1 fully saturated rings. The van der Waals surface area contributed by atoms with Gasteiger partial charge in [0.2, 0.25) is 17.7 Å². The van der Waals surface area contributed by atoms with E-state index in [0.717, 1.165) is 31.6 Å². The van der Waals surface area contributed by atoms with E-state index >= 15 is 0 Å². The van der Waals surface area contributed by atoms with Gasteiger partial charge < -0.3 is 15.0 Å². The number of likely N-dealkylation sites (tertiary alicyclic amines) is 1. The number of amides is 1. The number of nitrogens with one attached hydrogen (secondary N) is 1. The Morgan fingerprint density at radius 2 is 2.10 bits per heavy atom. The van der Waals surface area contributed by atoms with E-state index in [2.05, 4.69) is 15.3 Å². The molecule has 0 saturated carbocycles. The van der Waals surface area contributed by atoms with Crippen LogP contribution in [-0.4, -0.2) is 46.5 Å². The van der Waals surface area contributed by atoms with Crippen molar-refractivity contribution in [1.29, 1.82) is 0 Å². The Balaban J connectivity index is 2.01. The number of ether oxygens (including phenoxy) is 1. The molecule has 1 amide bonds. The fraction of sp³-hybridized carbons (Fsp3) is 0.667. The Labute approximate surface area is 125 Å². The molecule has 1 aromatic rings. The number of carbonyl (C=O) groups is 1. The van der Waals surface area contributed by atoms with Crippen molar-refractivity contribution in [2.75, 3.05) is 25.0 Å². The molecule has 0 spiro atoms. The highest BCUT2D eigenvalue weighted by atomic mass is 16.5. The van der Waals surface area contributed by atoms with Crippen LogP contribution in [0.25, 0.3) is 0 Å². The normalized spacial score (nSPS) is 16.4. The molecule has 6 nitrogen and oxygen atoms in total. The number of aromatic nitrogens is 2. The summed E-state index contributed by atoms with van der Waals surface area (Å²) in [5.74, 6) is 1.08. The number of hydrogen-bond acceptors (Lipinski definition) is 5. The van der Waals surface area contributed by atoms with Crippen LogP contribution in [0.5, 0.6) is 5.88 Å². The minimum atomic E-state index is -0.334. The maximum atomic E-state index is 12.4. The van der Waals surface area contributed by atoms with Crippen molar-refractivity contribution >= 4 is 11.9 Å². The van der Waals surface area contributed by atoms with Crippen LogP contribution in [0.1, 0.15) is 38.8 Å². The van der Waals surface area contributed by atoms with E-state index in [1.165, 1.54) is 6.42 Å². The Hall–Kier alpha value is -1.85. The molecule has 1 N–H and O–H groups in total. The summed E-state index contributed by atoms with van der Waals surface area (Å²) < 4.78 is 5.40. The van der Waals surface area contributed by atoms with Crippen molar-refractivity contribution in [3.8, 4) is 5.88 Å². The number of piperidine rings is 1. The van der Waals surface area contributed by atoms with Crippen molar-refractivity contribution in [3.05, 3.63) is 11.8 Å². The first-order valence-corrected chi connectivity index (χ1v) is 7.64. The highest BCUT2D eigenvalue weighted by molar-refractivity contribution is 5.83. The third-order valence-electron chi connectivity index (χ3n) is 3.51. The van der Waals surface area contributed by atoms with Gasteiger partial charge in [-0.15, -0.1) is 0 Å². The largest absolute Gasteiger partial charge is 0.478 e. The van der Waals surface area contributed by atoms with Crippen LogP contribution in [0.2, 0.25) is 0 Å².